The predicted octanol–water partition coefficient (Wildman–Crippen LogP) is 3.88. The van der Waals surface area contributed by atoms with Gasteiger partial charge in [-0.15, -0.1) is 0 Å². The van der Waals surface area contributed by atoms with Gasteiger partial charge in [0.1, 0.15) is 0 Å². The Morgan fingerprint density at radius 2 is 1.77 bits per heavy atom. The van der Waals surface area contributed by atoms with Crippen LogP contribution in [0.25, 0.3) is 0 Å². The molecule has 0 heterocycles. The van der Waals surface area contributed by atoms with E-state index in [1.165, 1.54) is 17.5 Å². The number of benzene rings is 2. The number of aryl methyl sites for hydroxylation is 2. The number of anilines is 1. The van der Waals surface area contributed by atoms with Gasteiger partial charge in [-0.2, -0.15) is 0 Å². The van der Waals surface area contributed by atoms with Crippen LogP contribution in [0.15, 0.2) is 48.5 Å². The molecular formula is C25H33N3O2. The lowest BCUT2D eigenvalue weighted by Crippen LogP contribution is -2.42. The molecule has 2 amide bonds. The maximum atomic E-state index is 12.6. The molecule has 5 nitrogen and oxygen atoms in total. The first-order chi connectivity index (χ1) is 14.6. The predicted molar refractivity (Wildman–Crippen MR) is 122 cm³/mol. The Hall–Kier alpha value is -2.66. The lowest BCUT2D eigenvalue weighted by molar-refractivity contribution is -0.123. The van der Waals surface area contributed by atoms with E-state index in [0.29, 0.717) is 19.0 Å². The Labute approximate surface area is 179 Å². The van der Waals surface area contributed by atoms with Crippen LogP contribution in [0.4, 0.5) is 5.69 Å². The van der Waals surface area contributed by atoms with Gasteiger partial charge in [0.25, 0.3) is 0 Å². The first kappa shape index (κ1) is 22.0. The minimum Gasteiger partial charge on any atom is -0.354 e. The molecule has 30 heavy (non-hydrogen) atoms. The molecule has 160 valence electrons. The third kappa shape index (κ3) is 6.17. The number of fused-ring (bicyclic) bond motifs is 1. The summed E-state index contributed by atoms with van der Waals surface area (Å²) in [4.78, 5) is 27.0. The third-order valence-corrected chi connectivity index (χ3v) is 5.73. The van der Waals surface area contributed by atoms with Crippen molar-refractivity contribution in [3.8, 4) is 0 Å². The third-order valence-electron chi connectivity index (χ3n) is 5.73. The zero-order valence-electron chi connectivity index (χ0n) is 18.1. The van der Waals surface area contributed by atoms with Gasteiger partial charge in [0.15, 0.2) is 0 Å². The topological polar surface area (TPSA) is 61.4 Å². The fourth-order valence-electron chi connectivity index (χ4n) is 4.20. The molecule has 1 atom stereocenters. The smallest absolute Gasteiger partial charge is 0.238 e. The average molecular weight is 408 g/mol. The van der Waals surface area contributed by atoms with Crippen LogP contribution in [0, 0.1) is 6.92 Å². The van der Waals surface area contributed by atoms with Crippen molar-refractivity contribution in [1.82, 2.24) is 10.2 Å². The summed E-state index contributed by atoms with van der Waals surface area (Å²) >= 11 is 0. The summed E-state index contributed by atoms with van der Waals surface area (Å²) in [5, 5.41) is 6.06. The standard InChI is InChI=1S/C25H33N3O2/c1-3-15-28(18-25(30)27-23-14-7-4-9-19(23)2)17-24(29)26-16-21-12-8-11-20-10-5-6-13-22(20)21/h4-7,9-10,13-14,21H,3,8,11-12,15-18H2,1-2H3,(H,26,29)(H,27,30). The van der Waals surface area contributed by atoms with Gasteiger partial charge in [0.05, 0.1) is 13.1 Å². The van der Waals surface area contributed by atoms with E-state index < -0.39 is 0 Å². The van der Waals surface area contributed by atoms with Crippen molar-refractivity contribution in [2.45, 2.75) is 45.4 Å². The summed E-state index contributed by atoms with van der Waals surface area (Å²) in [6, 6.07) is 16.3. The summed E-state index contributed by atoms with van der Waals surface area (Å²) in [7, 11) is 0. The number of rotatable bonds is 9. The van der Waals surface area contributed by atoms with Crippen molar-refractivity contribution in [3.63, 3.8) is 0 Å². The molecule has 2 aromatic carbocycles. The Morgan fingerprint density at radius 1 is 1.03 bits per heavy atom. The van der Waals surface area contributed by atoms with Crippen molar-refractivity contribution >= 4 is 17.5 Å². The Bertz CT molecular complexity index is 865. The molecule has 1 aliphatic rings. The van der Waals surface area contributed by atoms with E-state index in [-0.39, 0.29) is 24.9 Å². The van der Waals surface area contributed by atoms with Crippen LogP contribution in [-0.4, -0.2) is 42.9 Å². The van der Waals surface area contributed by atoms with E-state index >= 15 is 0 Å². The van der Waals surface area contributed by atoms with Crippen LogP contribution in [-0.2, 0) is 16.0 Å². The lowest BCUT2D eigenvalue weighted by atomic mass is 9.83. The maximum Gasteiger partial charge on any atom is 0.238 e. The Balaban J connectivity index is 1.50. The van der Waals surface area contributed by atoms with Gasteiger partial charge < -0.3 is 10.6 Å². The molecule has 2 aromatic rings. The van der Waals surface area contributed by atoms with Crippen LogP contribution >= 0.6 is 0 Å². The molecule has 0 aliphatic heterocycles. The van der Waals surface area contributed by atoms with Crippen molar-refractivity contribution in [2.24, 2.45) is 0 Å². The lowest BCUT2D eigenvalue weighted by Gasteiger charge is -2.26. The zero-order valence-corrected chi connectivity index (χ0v) is 18.1. The highest BCUT2D eigenvalue weighted by molar-refractivity contribution is 5.93. The monoisotopic (exact) mass is 407 g/mol. The molecule has 0 fully saturated rings. The van der Waals surface area contributed by atoms with E-state index in [0.717, 1.165) is 30.5 Å². The number of hydrogen-bond donors (Lipinski definition) is 2. The highest BCUT2D eigenvalue weighted by Gasteiger charge is 2.21. The molecule has 5 heteroatoms. The number of carbonyl (C=O) groups is 2. The molecule has 0 spiro atoms. The zero-order chi connectivity index (χ0) is 21.3. The Morgan fingerprint density at radius 3 is 2.57 bits per heavy atom. The van der Waals surface area contributed by atoms with Gasteiger partial charge in [-0.25, -0.2) is 0 Å². The number of para-hydroxylation sites is 1. The molecule has 0 radical (unpaired) electrons. The van der Waals surface area contributed by atoms with Crippen LogP contribution in [0.1, 0.15) is 48.8 Å². The van der Waals surface area contributed by atoms with E-state index in [9.17, 15) is 9.59 Å². The molecule has 0 saturated carbocycles. The van der Waals surface area contributed by atoms with Gasteiger partial charge in [0.2, 0.25) is 11.8 Å². The van der Waals surface area contributed by atoms with Crippen LogP contribution in [0.5, 0.6) is 0 Å². The summed E-state index contributed by atoms with van der Waals surface area (Å²) in [5.74, 6) is 0.268. The largest absolute Gasteiger partial charge is 0.354 e. The van der Waals surface area contributed by atoms with Gasteiger partial charge in [-0.3, -0.25) is 14.5 Å². The van der Waals surface area contributed by atoms with E-state index in [1.54, 1.807) is 0 Å². The van der Waals surface area contributed by atoms with Gasteiger partial charge in [-0.05, 0) is 61.9 Å². The molecule has 0 bridgehead atoms. The van der Waals surface area contributed by atoms with Crippen LogP contribution < -0.4 is 10.6 Å². The number of amides is 2. The summed E-state index contributed by atoms with van der Waals surface area (Å²) in [6.45, 7) is 5.84. The van der Waals surface area contributed by atoms with E-state index in [2.05, 4.69) is 41.8 Å². The molecule has 3 rings (SSSR count). The summed E-state index contributed by atoms with van der Waals surface area (Å²) < 4.78 is 0. The first-order valence-corrected chi connectivity index (χ1v) is 11.0. The van der Waals surface area contributed by atoms with Crippen LogP contribution in [0.2, 0.25) is 0 Å². The fraction of sp³-hybridized carbons (Fsp3) is 0.440. The highest BCUT2D eigenvalue weighted by Crippen LogP contribution is 2.30. The van der Waals surface area contributed by atoms with Gasteiger partial charge in [0, 0.05) is 18.2 Å². The van der Waals surface area contributed by atoms with E-state index in [4.69, 9.17) is 0 Å². The molecule has 1 unspecified atom stereocenters. The summed E-state index contributed by atoms with van der Waals surface area (Å²) in [5.41, 5.74) is 4.62. The highest BCUT2D eigenvalue weighted by atomic mass is 16.2. The van der Waals surface area contributed by atoms with Gasteiger partial charge in [-0.1, -0.05) is 49.4 Å². The minimum absolute atomic E-state index is 0.0183. The second kappa shape index (κ2) is 10.9. The quantitative estimate of drug-likeness (QED) is 0.663. The fourth-order valence-corrected chi connectivity index (χ4v) is 4.20. The SMILES string of the molecule is CCCN(CC(=O)NCC1CCCc2ccccc21)CC(=O)Nc1ccccc1C. The molecule has 0 saturated heterocycles. The van der Waals surface area contributed by atoms with Crippen molar-refractivity contribution < 1.29 is 9.59 Å². The number of carbonyl (C=O) groups excluding carboxylic acids is 2. The second-order valence-electron chi connectivity index (χ2n) is 8.17. The average Bonchev–Trinajstić information content (AvgIpc) is 2.74. The number of nitrogens with one attached hydrogen (secondary N) is 2. The molecule has 0 aromatic heterocycles. The number of nitrogens with zero attached hydrogens (tertiary/aromatic N) is 1. The minimum atomic E-state index is -0.0910. The van der Waals surface area contributed by atoms with Crippen LogP contribution in [0.3, 0.4) is 0 Å². The molecule has 2 N–H and O–H groups in total. The summed E-state index contributed by atoms with van der Waals surface area (Å²) in [6.07, 6.45) is 4.29. The van der Waals surface area contributed by atoms with Crippen molar-refractivity contribution in [1.29, 1.82) is 0 Å². The van der Waals surface area contributed by atoms with Crippen molar-refractivity contribution in [2.75, 3.05) is 31.5 Å². The van der Waals surface area contributed by atoms with Gasteiger partial charge >= 0.3 is 0 Å². The first-order valence-electron chi connectivity index (χ1n) is 11.0. The Kier molecular flexibility index (Phi) is 8.03. The van der Waals surface area contributed by atoms with Crippen molar-refractivity contribution in [3.05, 3.63) is 65.2 Å². The second-order valence-corrected chi connectivity index (χ2v) is 8.17. The molecular weight excluding hydrogens is 374 g/mol. The number of hydrogen-bond acceptors (Lipinski definition) is 3. The van der Waals surface area contributed by atoms with E-state index in [1.807, 2.05) is 36.1 Å². The molecule has 1 aliphatic carbocycles. The maximum absolute atomic E-state index is 12.6. The normalized spacial score (nSPS) is 15.5.